The Balaban J connectivity index is 1.44. The van der Waals surface area contributed by atoms with Crippen LogP contribution in [0.4, 0.5) is 0 Å². The molecule has 0 aliphatic heterocycles. The van der Waals surface area contributed by atoms with Crippen molar-refractivity contribution < 1.29 is 19.7 Å². The van der Waals surface area contributed by atoms with E-state index in [1.807, 2.05) is 0 Å². The molecule has 0 radical (unpaired) electrons. The van der Waals surface area contributed by atoms with E-state index in [0.29, 0.717) is 30.1 Å². The summed E-state index contributed by atoms with van der Waals surface area (Å²) in [7, 11) is 0. The van der Waals surface area contributed by atoms with Gasteiger partial charge in [-0.1, -0.05) is 40.0 Å². The first-order chi connectivity index (χ1) is 14.3. The van der Waals surface area contributed by atoms with Crippen LogP contribution in [0.1, 0.15) is 104 Å². The maximum absolute atomic E-state index is 12.5. The highest BCUT2D eigenvalue weighted by atomic mass is 16.5. The summed E-state index contributed by atoms with van der Waals surface area (Å²) in [5, 5.41) is 21.5. The molecule has 4 fully saturated rings. The van der Waals surface area contributed by atoms with Crippen LogP contribution in [0, 0.1) is 34.5 Å². The van der Waals surface area contributed by atoms with E-state index in [2.05, 4.69) is 20.8 Å². The second kappa shape index (κ2) is 8.73. The minimum Gasteiger partial charge on any atom is -0.462 e. The molecule has 0 aromatic heterocycles. The van der Waals surface area contributed by atoms with Gasteiger partial charge in [-0.2, -0.15) is 0 Å². The van der Waals surface area contributed by atoms with Crippen LogP contribution in [-0.4, -0.2) is 34.5 Å². The number of hydrogen-bond acceptors (Lipinski definition) is 4. The molecule has 4 nitrogen and oxygen atoms in total. The van der Waals surface area contributed by atoms with Gasteiger partial charge in [-0.3, -0.25) is 4.79 Å². The van der Waals surface area contributed by atoms with Gasteiger partial charge in [0, 0.05) is 11.8 Å². The lowest BCUT2D eigenvalue weighted by atomic mass is 9.44. The van der Waals surface area contributed by atoms with E-state index in [1.54, 1.807) is 0 Å². The largest absolute Gasteiger partial charge is 0.462 e. The Bertz CT molecular complexity index is 620. The average Bonchev–Trinajstić information content (AvgIpc) is 3.03. The zero-order valence-corrected chi connectivity index (χ0v) is 19.4. The highest BCUT2D eigenvalue weighted by molar-refractivity contribution is 5.69. The monoisotopic (exact) mass is 420 g/mol. The number of carbonyl (C=O) groups is 1. The molecular formula is C26H44O4. The van der Waals surface area contributed by atoms with Gasteiger partial charge in [-0.05, 0) is 86.9 Å². The Morgan fingerprint density at radius 1 is 0.933 bits per heavy atom. The molecule has 0 amide bonds. The number of fused-ring (bicyclic) bond motifs is 5. The lowest BCUT2D eigenvalue weighted by Gasteiger charge is -2.62. The van der Waals surface area contributed by atoms with E-state index in [1.165, 1.54) is 12.8 Å². The molecule has 4 saturated carbocycles. The van der Waals surface area contributed by atoms with Crippen molar-refractivity contribution >= 4 is 5.97 Å². The van der Waals surface area contributed by atoms with Gasteiger partial charge < -0.3 is 14.9 Å². The summed E-state index contributed by atoms with van der Waals surface area (Å²) < 4.78 is 6.07. The SMILES string of the molecule is CCCCCCC(=O)O[C@H]1CC[C@H]2[C@@H]3[C@H](O)C[C@H]4C[C@@H](O)CC[C@]4(C)[C@H]3CC[C@]12C. The predicted octanol–water partition coefficient (Wildman–Crippen LogP) is 5.24. The predicted molar refractivity (Wildman–Crippen MR) is 118 cm³/mol. The van der Waals surface area contributed by atoms with Crippen LogP contribution in [0.15, 0.2) is 0 Å². The van der Waals surface area contributed by atoms with Gasteiger partial charge in [-0.15, -0.1) is 0 Å². The van der Waals surface area contributed by atoms with E-state index in [9.17, 15) is 15.0 Å². The van der Waals surface area contributed by atoms with E-state index in [-0.39, 0.29) is 35.1 Å². The number of carbonyl (C=O) groups excluding carboxylic acids is 1. The van der Waals surface area contributed by atoms with Gasteiger partial charge in [0.1, 0.15) is 6.10 Å². The van der Waals surface area contributed by atoms with Gasteiger partial charge in [0.2, 0.25) is 0 Å². The maximum Gasteiger partial charge on any atom is 0.306 e. The second-order valence-electron chi connectivity index (χ2n) is 11.6. The quantitative estimate of drug-likeness (QED) is 0.455. The number of aliphatic hydroxyl groups is 2. The fraction of sp³-hybridized carbons (Fsp3) is 0.962. The minimum atomic E-state index is -0.272. The molecule has 4 aliphatic rings. The summed E-state index contributed by atoms with van der Waals surface area (Å²) in [5.74, 6) is 1.75. The highest BCUT2D eigenvalue weighted by Crippen LogP contribution is 2.66. The molecule has 0 aromatic rings. The second-order valence-corrected chi connectivity index (χ2v) is 11.6. The molecule has 30 heavy (non-hydrogen) atoms. The summed E-state index contributed by atoms with van der Waals surface area (Å²) in [6.07, 6.45) is 12.5. The van der Waals surface area contributed by atoms with Crippen LogP contribution in [0.3, 0.4) is 0 Å². The lowest BCUT2D eigenvalue weighted by molar-refractivity contribution is -0.185. The maximum atomic E-state index is 12.5. The van der Waals surface area contributed by atoms with Crippen molar-refractivity contribution in [1.29, 1.82) is 0 Å². The molecule has 0 spiro atoms. The summed E-state index contributed by atoms with van der Waals surface area (Å²) in [4.78, 5) is 12.5. The van der Waals surface area contributed by atoms with E-state index >= 15 is 0 Å². The van der Waals surface area contributed by atoms with Crippen molar-refractivity contribution in [3.63, 3.8) is 0 Å². The Kier molecular flexibility index (Phi) is 6.57. The molecule has 0 aromatic carbocycles. The number of unbranched alkanes of at least 4 members (excludes halogenated alkanes) is 3. The minimum absolute atomic E-state index is 0.0125. The van der Waals surface area contributed by atoms with Crippen LogP contribution in [-0.2, 0) is 9.53 Å². The first-order valence-corrected chi connectivity index (χ1v) is 12.8. The normalized spacial score (nSPS) is 47.8. The lowest BCUT2D eigenvalue weighted by Crippen LogP contribution is -2.59. The van der Waals surface area contributed by atoms with Crippen molar-refractivity contribution in [3.8, 4) is 0 Å². The molecular weight excluding hydrogens is 376 g/mol. The van der Waals surface area contributed by atoms with Crippen molar-refractivity contribution in [2.45, 2.75) is 123 Å². The smallest absolute Gasteiger partial charge is 0.306 e. The zero-order chi connectivity index (χ0) is 21.5. The van der Waals surface area contributed by atoms with E-state index in [0.717, 1.165) is 64.2 Å². The Labute approximate surface area is 183 Å². The Morgan fingerprint density at radius 2 is 1.67 bits per heavy atom. The van der Waals surface area contributed by atoms with Gasteiger partial charge in [0.25, 0.3) is 0 Å². The van der Waals surface area contributed by atoms with Crippen LogP contribution >= 0.6 is 0 Å². The average molecular weight is 421 g/mol. The molecule has 4 heteroatoms. The standard InChI is InChI=1S/C26H44O4/c1-4-5-6-7-8-23(29)30-22-10-9-19-24-20(12-14-26(19,22)3)25(2)13-11-18(27)15-17(25)16-21(24)28/h17-22,24,27-28H,4-16H2,1-3H3/t17-,18+,19+,20+,21-,22+,24+,25+,26+/m1/s1. The number of ether oxygens (including phenoxy) is 1. The Hall–Kier alpha value is -0.610. The molecule has 4 rings (SSSR count). The molecule has 172 valence electrons. The van der Waals surface area contributed by atoms with Gasteiger partial charge in [0.05, 0.1) is 12.2 Å². The van der Waals surface area contributed by atoms with Gasteiger partial charge in [-0.25, -0.2) is 0 Å². The van der Waals surface area contributed by atoms with E-state index in [4.69, 9.17) is 4.74 Å². The van der Waals surface area contributed by atoms with Crippen LogP contribution in [0.25, 0.3) is 0 Å². The van der Waals surface area contributed by atoms with Gasteiger partial charge >= 0.3 is 5.97 Å². The van der Waals surface area contributed by atoms with Crippen molar-refractivity contribution in [2.24, 2.45) is 34.5 Å². The number of hydrogen-bond donors (Lipinski definition) is 2. The first kappa shape index (κ1) is 22.6. The number of esters is 1. The topological polar surface area (TPSA) is 66.8 Å². The zero-order valence-electron chi connectivity index (χ0n) is 19.4. The van der Waals surface area contributed by atoms with Crippen LogP contribution in [0.2, 0.25) is 0 Å². The molecule has 0 heterocycles. The third-order valence-electron chi connectivity index (χ3n) is 10.1. The fourth-order valence-electron chi connectivity index (χ4n) is 8.26. The molecule has 0 unspecified atom stereocenters. The third-order valence-corrected chi connectivity index (χ3v) is 10.1. The van der Waals surface area contributed by atoms with Crippen LogP contribution < -0.4 is 0 Å². The fourth-order valence-corrected chi connectivity index (χ4v) is 8.26. The van der Waals surface area contributed by atoms with Crippen molar-refractivity contribution in [3.05, 3.63) is 0 Å². The highest BCUT2D eigenvalue weighted by Gasteiger charge is 2.63. The van der Waals surface area contributed by atoms with Crippen molar-refractivity contribution in [1.82, 2.24) is 0 Å². The molecule has 2 N–H and O–H groups in total. The third kappa shape index (κ3) is 3.85. The number of rotatable bonds is 6. The van der Waals surface area contributed by atoms with Crippen molar-refractivity contribution in [2.75, 3.05) is 0 Å². The Morgan fingerprint density at radius 3 is 2.43 bits per heavy atom. The summed E-state index contributed by atoms with van der Waals surface area (Å²) in [5.41, 5.74) is 0.261. The van der Waals surface area contributed by atoms with E-state index < -0.39 is 0 Å². The molecule has 0 saturated heterocycles. The number of aliphatic hydroxyl groups excluding tert-OH is 2. The van der Waals surface area contributed by atoms with Gasteiger partial charge in [0.15, 0.2) is 0 Å². The summed E-state index contributed by atoms with van der Waals surface area (Å²) >= 11 is 0. The molecule has 9 atom stereocenters. The molecule has 4 aliphatic carbocycles. The summed E-state index contributed by atoms with van der Waals surface area (Å²) in [6, 6.07) is 0. The van der Waals surface area contributed by atoms with Crippen LogP contribution in [0.5, 0.6) is 0 Å². The first-order valence-electron chi connectivity index (χ1n) is 12.8. The summed E-state index contributed by atoms with van der Waals surface area (Å²) in [6.45, 7) is 6.96. The molecule has 0 bridgehead atoms.